The minimum Gasteiger partial charge on any atom is -0.348 e. The molecule has 0 bridgehead atoms. The van der Waals surface area contributed by atoms with Crippen molar-refractivity contribution in [3.63, 3.8) is 0 Å². The van der Waals surface area contributed by atoms with E-state index in [-0.39, 0.29) is 11.4 Å². The van der Waals surface area contributed by atoms with E-state index in [9.17, 15) is 4.79 Å². The lowest BCUT2D eigenvalue weighted by atomic mass is 9.87. The first-order valence-electron chi connectivity index (χ1n) is 7.40. The van der Waals surface area contributed by atoms with Crippen LogP contribution >= 0.6 is 11.3 Å². The van der Waals surface area contributed by atoms with Gasteiger partial charge >= 0.3 is 0 Å². The van der Waals surface area contributed by atoms with E-state index in [2.05, 4.69) is 39.7 Å². The molecule has 1 aromatic heterocycles. The summed E-state index contributed by atoms with van der Waals surface area (Å²) < 4.78 is 0. The number of carbonyl (C=O) groups is 1. The summed E-state index contributed by atoms with van der Waals surface area (Å²) >= 11 is 1.82. The average Bonchev–Trinajstić information content (AvgIpc) is 2.83. The minimum absolute atomic E-state index is 0.0438. The van der Waals surface area contributed by atoms with Gasteiger partial charge in [0.15, 0.2) is 0 Å². The van der Waals surface area contributed by atoms with Crippen molar-refractivity contribution in [1.29, 1.82) is 0 Å². The number of likely N-dealkylation sites (N-methyl/N-ethyl adjacent to an activating group) is 1. The summed E-state index contributed by atoms with van der Waals surface area (Å²) in [7, 11) is 2.16. The van der Waals surface area contributed by atoms with Crippen LogP contribution in [0.1, 0.15) is 24.1 Å². The van der Waals surface area contributed by atoms with Crippen molar-refractivity contribution < 1.29 is 4.79 Å². The van der Waals surface area contributed by atoms with Crippen molar-refractivity contribution in [3.05, 3.63) is 22.4 Å². The largest absolute Gasteiger partial charge is 0.348 e. The van der Waals surface area contributed by atoms with Crippen molar-refractivity contribution in [2.45, 2.75) is 31.3 Å². The van der Waals surface area contributed by atoms with Gasteiger partial charge in [0.25, 0.3) is 0 Å². The molecule has 20 heavy (non-hydrogen) atoms. The molecule has 0 aromatic carbocycles. The Morgan fingerprint density at radius 1 is 1.40 bits per heavy atom. The fourth-order valence-electron chi connectivity index (χ4n) is 3.47. The second-order valence-corrected chi connectivity index (χ2v) is 7.24. The smallest absolute Gasteiger partial charge is 0.220 e. The average molecular weight is 293 g/mol. The molecule has 0 saturated carbocycles. The van der Waals surface area contributed by atoms with Gasteiger partial charge in [0.05, 0.1) is 5.54 Å². The van der Waals surface area contributed by atoms with E-state index < -0.39 is 0 Å². The standard InChI is InChI=1S/C15H23N3OS/c1-17-7-8-18(10-13-4-3-9-20-13)12-15(11-17)6-2-5-14(19)16-15/h3-4,9H,2,5-8,10-12H2,1H3,(H,16,19)/t15-/m1/s1. The van der Waals surface area contributed by atoms with Crippen LogP contribution < -0.4 is 5.32 Å². The molecule has 2 aliphatic rings. The van der Waals surface area contributed by atoms with Gasteiger partial charge in [0, 0.05) is 44.0 Å². The van der Waals surface area contributed by atoms with E-state index in [1.165, 1.54) is 4.88 Å². The highest BCUT2D eigenvalue weighted by Crippen LogP contribution is 2.25. The second-order valence-electron chi connectivity index (χ2n) is 6.21. The third kappa shape index (κ3) is 3.22. The molecule has 3 heterocycles. The molecule has 1 N–H and O–H groups in total. The van der Waals surface area contributed by atoms with Gasteiger partial charge in [-0.25, -0.2) is 0 Å². The lowest BCUT2D eigenvalue weighted by Gasteiger charge is -2.40. The summed E-state index contributed by atoms with van der Waals surface area (Å²) in [5.41, 5.74) is -0.0438. The number of hydrogen-bond donors (Lipinski definition) is 1. The fraction of sp³-hybridized carbons (Fsp3) is 0.667. The number of thiophene rings is 1. The van der Waals surface area contributed by atoms with Crippen LogP contribution in [0.2, 0.25) is 0 Å². The van der Waals surface area contributed by atoms with Gasteiger partial charge < -0.3 is 10.2 Å². The maximum Gasteiger partial charge on any atom is 0.220 e. The Morgan fingerprint density at radius 3 is 3.05 bits per heavy atom. The number of amides is 1. The number of piperidine rings is 1. The van der Waals surface area contributed by atoms with Gasteiger partial charge in [0.1, 0.15) is 0 Å². The van der Waals surface area contributed by atoms with Crippen molar-refractivity contribution in [1.82, 2.24) is 15.1 Å². The first-order chi connectivity index (χ1) is 9.65. The normalized spacial score (nSPS) is 29.4. The molecule has 2 fully saturated rings. The van der Waals surface area contributed by atoms with Crippen LogP contribution in [0.3, 0.4) is 0 Å². The molecular weight excluding hydrogens is 270 g/mol. The van der Waals surface area contributed by atoms with Crippen LogP contribution in [0.5, 0.6) is 0 Å². The van der Waals surface area contributed by atoms with Crippen LogP contribution in [0.15, 0.2) is 17.5 Å². The predicted octanol–water partition coefficient (Wildman–Crippen LogP) is 1.53. The molecule has 2 saturated heterocycles. The summed E-state index contributed by atoms with van der Waals surface area (Å²) in [5, 5.41) is 5.43. The molecule has 1 amide bonds. The highest BCUT2D eigenvalue weighted by atomic mass is 32.1. The van der Waals surface area contributed by atoms with E-state index >= 15 is 0 Å². The zero-order valence-electron chi connectivity index (χ0n) is 12.1. The van der Waals surface area contributed by atoms with E-state index in [4.69, 9.17) is 0 Å². The molecule has 4 nitrogen and oxygen atoms in total. The van der Waals surface area contributed by atoms with Crippen LogP contribution in [0, 0.1) is 0 Å². The van der Waals surface area contributed by atoms with E-state index in [1.807, 2.05) is 11.3 Å². The van der Waals surface area contributed by atoms with Gasteiger partial charge in [-0.3, -0.25) is 9.69 Å². The van der Waals surface area contributed by atoms with E-state index in [0.717, 1.165) is 45.6 Å². The van der Waals surface area contributed by atoms with Gasteiger partial charge in [-0.15, -0.1) is 11.3 Å². The number of hydrogen-bond acceptors (Lipinski definition) is 4. The number of carbonyl (C=O) groups excluding carboxylic acids is 1. The molecule has 3 rings (SSSR count). The molecule has 2 aliphatic heterocycles. The molecular formula is C15H23N3OS. The minimum atomic E-state index is -0.0438. The summed E-state index contributed by atoms with van der Waals surface area (Å²) in [6, 6.07) is 4.31. The summed E-state index contributed by atoms with van der Waals surface area (Å²) in [6.07, 6.45) is 2.81. The van der Waals surface area contributed by atoms with Gasteiger partial charge in [-0.05, 0) is 31.3 Å². The maximum absolute atomic E-state index is 11.8. The number of nitrogens with zero attached hydrogens (tertiary/aromatic N) is 2. The maximum atomic E-state index is 11.8. The van der Waals surface area contributed by atoms with Crippen molar-refractivity contribution in [2.24, 2.45) is 0 Å². The topological polar surface area (TPSA) is 35.6 Å². The molecule has 0 radical (unpaired) electrons. The predicted molar refractivity (Wildman–Crippen MR) is 81.8 cm³/mol. The number of rotatable bonds is 2. The zero-order chi connectivity index (χ0) is 14.0. The van der Waals surface area contributed by atoms with Crippen molar-refractivity contribution in [2.75, 3.05) is 33.2 Å². The number of nitrogens with one attached hydrogen (secondary N) is 1. The zero-order valence-corrected chi connectivity index (χ0v) is 12.9. The second kappa shape index (κ2) is 5.84. The lowest BCUT2D eigenvalue weighted by Crippen LogP contribution is -2.60. The molecule has 0 aliphatic carbocycles. The fourth-order valence-corrected chi connectivity index (χ4v) is 4.21. The summed E-state index contributed by atoms with van der Waals surface area (Å²) in [4.78, 5) is 18.1. The first-order valence-corrected chi connectivity index (χ1v) is 8.28. The van der Waals surface area contributed by atoms with Gasteiger partial charge in [0.2, 0.25) is 5.91 Å². The highest BCUT2D eigenvalue weighted by Gasteiger charge is 2.39. The third-order valence-corrected chi connectivity index (χ3v) is 5.18. The van der Waals surface area contributed by atoms with Crippen LogP contribution in [-0.2, 0) is 11.3 Å². The highest BCUT2D eigenvalue weighted by molar-refractivity contribution is 7.09. The Labute approximate surface area is 124 Å². The van der Waals surface area contributed by atoms with Crippen LogP contribution in [-0.4, -0.2) is 54.5 Å². The molecule has 0 unspecified atom stereocenters. The lowest BCUT2D eigenvalue weighted by molar-refractivity contribution is -0.125. The van der Waals surface area contributed by atoms with E-state index in [1.54, 1.807) is 0 Å². The third-order valence-electron chi connectivity index (χ3n) is 4.32. The molecule has 1 atom stereocenters. The summed E-state index contributed by atoms with van der Waals surface area (Å²) in [6.45, 7) is 5.10. The van der Waals surface area contributed by atoms with Crippen LogP contribution in [0.4, 0.5) is 0 Å². The Balaban J connectivity index is 1.74. The summed E-state index contributed by atoms with van der Waals surface area (Å²) in [5.74, 6) is 0.225. The Hall–Kier alpha value is -0.910. The van der Waals surface area contributed by atoms with Gasteiger partial charge in [-0.2, -0.15) is 0 Å². The SMILES string of the molecule is CN1CCN(Cc2cccs2)C[C@@]2(CCCC(=O)N2)C1. The molecule has 1 spiro atoms. The van der Waals surface area contributed by atoms with Crippen LogP contribution in [0.25, 0.3) is 0 Å². The van der Waals surface area contributed by atoms with Crippen molar-refractivity contribution in [3.8, 4) is 0 Å². The Bertz CT molecular complexity index is 462. The van der Waals surface area contributed by atoms with Crippen molar-refractivity contribution >= 4 is 17.2 Å². The quantitative estimate of drug-likeness (QED) is 0.898. The Kier molecular flexibility index (Phi) is 4.10. The molecule has 110 valence electrons. The monoisotopic (exact) mass is 293 g/mol. The Morgan fingerprint density at radius 2 is 2.30 bits per heavy atom. The first kappa shape index (κ1) is 14.0. The molecule has 5 heteroatoms. The van der Waals surface area contributed by atoms with Gasteiger partial charge in [-0.1, -0.05) is 6.07 Å². The van der Waals surface area contributed by atoms with E-state index in [0.29, 0.717) is 6.42 Å². The molecule has 1 aromatic rings.